The predicted molar refractivity (Wildman–Crippen MR) is 111 cm³/mol. The van der Waals surface area contributed by atoms with E-state index in [1.54, 1.807) is 48.5 Å². The lowest BCUT2D eigenvalue weighted by atomic mass is 10.2. The third-order valence-corrected chi connectivity index (χ3v) is 5.77. The predicted octanol–water partition coefficient (Wildman–Crippen LogP) is 3.48. The second-order valence-electron chi connectivity index (χ2n) is 6.38. The summed E-state index contributed by atoms with van der Waals surface area (Å²) in [5, 5.41) is 2.76. The van der Waals surface area contributed by atoms with Crippen LogP contribution in [0.1, 0.15) is 10.4 Å². The molecule has 0 saturated carbocycles. The molecule has 0 radical (unpaired) electrons. The van der Waals surface area contributed by atoms with Crippen LogP contribution in [0.5, 0.6) is 17.2 Å². The smallest absolute Gasteiger partial charge is 0.261 e. The first-order chi connectivity index (χ1) is 14.4. The highest BCUT2D eigenvalue weighted by Gasteiger charge is 2.17. The molecule has 0 aliphatic carbocycles. The maximum absolute atomic E-state index is 12.6. The molecule has 1 amide bonds. The normalized spacial score (nSPS) is 12.3. The number of benzene rings is 3. The maximum Gasteiger partial charge on any atom is 0.261 e. The number of anilines is 2. The number of hydrogen-bond donors (Lipinski definition) is 2. The van der Waals surface area contributed by atoms with Crippen LogP contribution < -0.4 is 24.2 Å². The van der Waals surface area contributed by atoms with E-state index in [0.717, 1.165) is 0 Å². The van der Waals surface area contributed by atoms with Crippen LogP contribution in [0.3, 0.4) is 0 Å². The molecule has 3 aromatic rings. The van der Waals surface area contributed by atoms with Gasteiger partial charge in [-0.2, -0.15) is 0 Å². The Labute approximate surface area is 173 Å². The molecule has 1 aliphatic heterocycles. The molecule has 4 rings (SSSR count). The number of nitrogens with one attached hydrogen (secondary N) is 2. The van der Waals surface area contributed by atoms with Crippen molar-refractivity contribution in [3.05, 3.63) is 72.3 Å². The Hall–Kier alpha value is -3.72. The van der Waals surface area contributed by atoms with Crippen molar-refractivity contribution in [2.75, 3.05) is 23.9 Å². The molecule has 154 valence electrons. The van der Waals surface area contributed by atoms with Gasteiger partial charge in [0.05, 0.1) is 12.0 Å². The van der Waals surface area contributed by atoms with E-state index in [4.69, 9.17) is 14.2 Å². The van der Waals surface area contributed by atoms with E-state index in [2.05, 4.69) is 10.0 Å². The molecule has 0 saturated heterocycles. The van der Waals surface area contributed by atoms with Crippen molar-refractivity contribution in [1.82, 2.24) is 0 Å². The summed E-state index contributed by atoms with van der Waals surface area (Å²) >= 11 is 0. The molecular formula is C21H18N2O6S. The third kappa shape index (κ3) is 4.15. The van der Waals surface area contributed by atoms with E-state index in [1.807, 2.05) is 0 Å². The van der Waals surface area contributed by atoms with Gasteiger partial charge in [-0.05, 0) is 54.6 Å². The Balaban J connectivity index is 1.49. The second-order valence-corrected chi connectivity index (χ2v) is 8.07. The quantitative estimate of drug-likeness (QED) is 0.626. The molecule has 1 heterocycles. The lowest BCUT2D eigenvalue weighted by molar-refractivity contribution is 0.102. The van der Waals surface area contributed by atoms with Crippen molar-refractivity contribution < 1.29 is 27.4 Å². The molecule has 2 N–H and O–H groups in total. The van der Waals surface area contributed by atoms with Crippen molar-refractivity contribution >= 4 is 27.3 Å². The molecule has 1 aliphatic rings. The minimum absolute atomic E-state index is 0.0820. The number of carbonyl (C=O) groups is 1. The van der Waals surface area contributed by atoms with Crippen LogP contribution in [0.2, 0.25) is 0 Å². The largest absolute Gasteiger partial charge is 0.497 e. The third-order valence-electron chi connectivity index (χ3n) is 4.38. The summed E-state index contributed by atoms with van der Waals surface area (Å²) < 4.78 is 43.3. The van der Waals surface area contributed by atoms with Gasteiger partial charge in [0.1, 0.15) is 5.75 Å². The summed E-state index contributed by atoms with van der Waals surface area (Å²) in [6.07, 6.45) is 0. The average molecular weight is 426 g/mol. The number of ether oxygens (including phenoxy) is 3. The van der Waals surface area contributed by atoms with Gasteiger partial charge in [-0.15, -0.1) is 0 Å². The number of methoxy groups -OCH3 is 1. The summed E-state index contributed by atoms with van der Waals surface area (Å²) in [7, 11) is -2.31. The van der Waals surface area contributed by atoms with Gasteiger partial charge in [0.15, 0.2) is 11.5 Å². The summed E-state index contributed by atoms with van der Waals surface area (Å²) in [5.74, 6) is 1.33. The van der Waals surface area contributed by atoms with Gasteiger partial charge in [0.2, 0.25) is 6.79 Å². The number of fused-ring (bicyclic) bond motifs is 1. The van der Waals surface area contributed by atoms with Crippen molar-refractivity contribution in [3.8, 4) is 17.2 Å². The van der Waals surface area contributed by atoms with Gasteiger partial charge >= 0.3 is 0 Å². The Morgan fingerprint density at radius 2 is 1.70 bits per heavy atom. The lowest BCUT2D eigenvalue weighted by Gasteiger charge is -2.11. The average Bonchev–Trinajstić information content (AvgIpc) is 3.21. The zero-order valence-corrected chi connectivity index (χ0v) is 16.7. The van der Waals surface area contributed by atoms with Gasteiger partial charge in [-0.3, -0.25) is 9.52 Å². The Kier molecular flexibility index (Phi) is 5.20. The Bertz CT molecular complexity index is 1190. The number of amides is 1. The molecule has 0 bridgehead atoms. The van der Waals surface area contributed by atoms with Crippen LogP contribution in [0, 0.1) is 0 Å². The summed E-state index contributed by atoms with van der Waals surface area (Å²) in [6, 6.07) is 17.3. The highest BCUT2D eigenvalue weighted by atomic mass is 32.2. The van der Waals surface area contributed by atoms with Crippen LogP contribution in [-0.2, 0) is 10.0 Å². The Morgan fingerprint density at radius 3 is 2.47 bits per heavy atom. The number of sulfonamides is 1. The fourth-order valence-corrected chi connectivity index (χ4v) is 3.92. The topological polar surface area (TPSA) is 103 Å². The number of hydrogen-bond acceptors (Lipinski definition) is 6. The lowest BCUT2D eigenvalue weighted by Crippen LogP contribution is -2.15. The maximum atomic E-state index is 12.6. The summed E-state index contributed by atoms with van der Waals surface area (Å²) in [4.78, 5) is 12.7. The molecule has 0 unspecified atom stereocenters. The van der Waals surface area contributed by atoms with Gasteiger partial charge in [0.25, 0.3) is 15.9 Å². The van der Waals surface area contributed by atoms with Gasteiger partial charge in [-0.1, -0.05) is 6.07 Å². The number of carbonyl (C=O) groups excluding carboxylic acids is 1. The van der Waals surface area contributed by atoms with Crippen LogP contribution in [-0.4, -0.2) is 28.2 Å². The fraction of sp³-hybridized carbons (Fsp3) is 0.0952. The van der Waals surface area contributed by atoms with Gasteiger partial charge in [-0.25, -0.2) is 8.42 Å². The molecule has 0 aromatic heterocycles. The van der Waals surface area contributed by atoms with E-state index >= 15 is 0 Å². The van der Waals surface area contributed by atoms with Crippen LogP contribution in [0.4, 0.5) is 11.4 Å². The monoisotopic (exact) mass is 426 g/mol. The molecule has 8 nitrogen and oxygen atoms in total. The van der Waals surface area contributed by atoms with Gasteiger partial charge in [0, 0.05) is 23.0 Å². The first-order valence-corrected chi connectivity index (χ1v) is 10.4. The van der Waals surface area contributed by atoms with E-state index in [0.29, 0.717) is 28.5 Å². The first kappa shape index (κ1) is 19.6. The molecule has 30 heavy (non-hydrogen) atoms. The zero-order valence-electron chi connectivity index (χ0n) is 15.9. The minimum atomic E-state index is -3.81. The molecule has 0 fully saturated rings. The Morgan fingerprint density at radius 1 is 0.933 bits per heavy atom. The van der Waals surface area contributed by atoms with Crippen molar-refractivity contribution in [1.29, 1.82) is 0 Å². The van der Waals surface area contributed by atoms with Crippen molar-refractivity contribution in [2.45, 2.75) is 4.90 Å². The summed E-state index contributed by atoms with van der Waals surface area (Å²) in [6.45, 7) is 0.142. The SMILES string of the molecule is COc1ccc(S(=O)(=O)Nc2cccc(C(=O)Nc3ccc4c(c3)OCO4)c2)cc1. The standard InChI is InChI=1S/C21H18N2O6S/c1-27-17-6-8-18(9-7-17)30(25,26)23-16-4-2-3-14(11-16)21(24)22-15-5-10-19-20(12-15)29-13-28-19/h2-12,23H,13H2,1H3,(H,22,24). The van der Waals surface area contributed by atoms with Crippen molar-refractivity contribution in [3.63, 3.8) is 0 Å². The van der Waals surface area contributed by atoms with Gasteiger partial charge < -0.3 is 19.5 Å². The molecule has 0 atom stereocenters. The van der Waals surface area contributed by atoms with E-state index in [9.17, 15) is 13.2 Å². The van der Waals surface area contributed by atoms with E-state index in [-0.39, 0.29) is 23.3 Å². The molecular weight excluding hydrogens is 408 g/mol. The second kappa shape index (κ2) is 7.96. The molecule has 0 spiro atoms. The van der Waals surface area contributed by atoms with E-state index in [1.165, 1.54) is 25.3 Å². The van der Waals surface area contributed by atoms with Crippen molar-refractivity contribution in [2.24, 2.45) is 0 Å². The van der Waals surface area contributed by atoms with Crippen LogP contribution in [0.15, 0.2) is 71.6 Å². The van der Waals surface area contributed by atoms with Crippen LogP contribution in [0.25, 0.3) is 0 Å². The van der Waals surface area contributed by atoms with Crippen LogP contribution >= 0.6 is 0 Å². The highest BCUT2D eigenvalue weighted by molar-refractivity contribution is 7.92. The minimum Gasteiger partial charge on any atom is -0.497 e. The fourth-order valence-electron chi connectivity index (χ4n) is 2.87. The summed E-state index contributed by atoms with van der Waals surface area (Å²) in [5.41, 5.74) is 1.10. The molecule has 3 aromatic carbocycles. The zero-order chi connectivity index (χ0) is 21.1. The van der Waals surface area contributed by atoms with E-state index < -0.39 is 10.0 Å². The first-order valence-electron chi connectivity index (χ1n) is 8.92. The number of rotatable bonds is 6. The molecule has 9 heteroatoms. The highest BCUT2D eigenvalue weighted by Crippen LogP contribution is 2.34.